The Morgan fingerprint density at radius 2 is 1.06 bits per heavy atom. The van der Waals surface area contributed by atoms with Crippen molar-refractivity contribution in [2.45, 2.75) is 49.9 Å². The molecule has 0 heterocycles. The van der Waals surface area contributed by atoms with Gasteiger partial charge < -0.3 is 42.1 Å². The number of carboxylic acid groups (broad SMARTS) is 4. The lowest BCUT2D eigenvalue weighted by Gasteiger charge is -2.24. The Morgan fingerprint density at radius 3 is 1.47 bits per heavy atom. The molecule has 0 fully saturated rings. The molecule has 0 saturated heterocycles. The Labute approximate surface area is 203 Å². The normalized spacial score (nSPS) is 13.8. The van der Waals surface area contributed by atoms with Gasteiger partial charge in [-0.25, -0.2) is 4.79 Å². The first kappa shape index (κ1) is 29.5. The number of hydrogen-bond donors (Lipinski definition) is 8. The second-order valence-electron chi connectivity index (χ2n) is 7.61. The first-order valence-electron chi connectivity index (χ1n) is 10.4. The number of nitrogens with two attached hydrogens (primary N) is 1. The maximum absolute atomic E-state index is 12.7. The third-order valence-electron chi connectivity index (χ3n) is 4.65. The van der Waals surface area contributed by atoms with Gasteiger partial charge in [-0.3, -0.25) is 28.8 Å². The van der Waals surface area contributed by atoms with E-state index >= 15 is 0 Å². The predicted octanol–water partition coefficient (Wildman–Crippen LogP) is -2.48. The fourth-order valence-corrected chi connectivity index (χ4v) is 2.92. The molecule has 0 aliphatic heterocycles. The van der Waals surface area contributed by atoms with Crippen molar-refractivity contribution >= 4 is 41.6 Å². The monoisotopic (exact) mass is 510 g/mol. The second-order valence-corrected chi connectivity index (χ2v) is 7.61. The topological polar surface area (TPSA) is 263 Å². The first-order valence-corrected chi connectivity index (χ1v) is 10.4. The summed E-state index contributed by atoms with van der Waals surface area (Å²) in [5, 5.41) is 42.4. The predicted molar refractivity (Wildman–Crippen MR) is 118 cm³/mol. The van der Waals surface area contributed by atoms with Crippen molar-refractivity contribution in [1.82, 2.24) is 16.0 Å². The van der Waals surface area contributed by atoms with Gasteiger partial charge in [0.1, 0.15) is 18.1 Å². The van der Waals surface area contributed by atoms with Crippen LogP contribution in [0.25, 0.3) is 0 Å². The molecule has 15 heteroatoms. The van der Waals surface area contributed by atoms with E-state index < -0.39 is 85.0 Å². The molecular weight excluding hydrogens is 484 g/mol. The number of carbonyl (C=O) groups is 7. The molecular formula is C21H26N4O11. The number of carbonyl (C=O) groups excluding carboxylic acids is 3. The Bertz CT molecular complexity index is 999. The minimum absolute atomic E-state index is 0.158. The van der Waals surface area contributed by atoms with E-state index in [2.05, 4.69) is 5.32 Å². The fourth-order valence-electron chi connectivity index (χ4n) is 2.92. The van der Waals surface area contributed by atoms with Gasteiger partial charge in [0.2, 0.25) is 17.7 Å². The van der Waals surface area contributed by atoms with Crippen molar-refractivity contribution in [1.29, 1.82) is 0 Å². The quantitative estimate of drug-likeness (QED) is 0.122. The van der Waals surface area contributed by atoms with Crippen molar-refractivity contribution in [2.75, 3.05) is 0 Å². The molecule has 0 aromatic heterocycles. The van der Waals surface area contributed by atoms with Gasteiger partial charge in [0.05, 0.1) is 25.3 Å². The van der Waals surface area contributed by atoms with E-state index in [1.807, 2.05) is 10.6 Å². The molecule has 0 aliphatic carbocycles. The lowest BCUT2D eigenvalue weighted by Crippen LogP contribution is -2.58. The van der Waals surface area contributed by atoms with Gasteiger partial charge in [-0.1, -0.05) is 30.3 Å². The molecule has 15 nitrogen and oxygen atoms in total. The Kier molecular flexibility index (Phi) is 11.5. The largest absolute Gasteiger partial charge is 0.481 e. The van der Waals surface area contributed by atoms with Crippen molar-refractivity contribution < 1.29 is 54.0 Å². The summed E-state index contributed by atoms with van der Waals surface area (Å²) in [7, 11) is 0. The van der Waals surface area contributed by atoms with Crippen molar-refractivity contribution in [2.24, 2.45) is 5.73 Å². The van der Waals surface area contributed by atoms with Crippen LogP contribution in [0.4, 0.5) is 0 Å². The van der Waals surface area contributed by atoms with Crippen molar-refractivity contribution in [3.05, 3.63) is 35.9 Å². The van der Waals surface area contributed by atoms with Gasteiger partial charge >= 0.3 is 23.9 Å². The van der Waals surface area contributed by atoms with Gasteiger partial charge in [0, 0.05) is 6.42 Å². The highest BCUT2D eigenvalue weighted by atomic mass is 16.4. The number of hydrogen-bond acceptors (Lipinski definition) is 8. The highest BCUT2D eigenvalue weighted by Crippen LogP contribution is 2.06. The van der Waals surface area contributed by atoms with Crippen LogP contribution < -0.4 is 21.7 Å². The number of benzene rings is 1. The maximum Gasteiger partial charge on any atom is 0.326 e. The minimum Gasteiger partial charge on any atom is -0.481 e. The number of nitrogens with one attached hydrogen (secondary N) is 3. The minimum atomic E-state index is -1.85. The Morgan fingerprint density at radius 1 is 0.639 bits per heavy atom. The van der Waals surface area contributed by atoms with Crippen LogP contribution in [-0.2, 0) is 40.0 Å². The van der Waals surface area contributed by atoms with E-state index in [4.69, 9.17) is 21.1 Å². The lowest BCUT2D eigenvalue weighted by atomic mass is 10.0. The molecule has 9 N–H and O–H groups in total. The first-order chi connectivity index (χ1) is 16.8. The summed E-state index contributed by atoms with van der Waals surface area (Å²) in [5.41, 5.74) is 5.94. The number of amides is 3. The summed E-state index contributed by atoms with van der Waals surface area (Å²) in [6, 6.07) is 1.38. The zero-order valence-electron chi connectivity index (χ0n) is 18.7. The van der Waals surface area contributed by atoms with E-state index in [0.29, 0.717) is 5.56 Å². The van der Waals surface area contributed by atoms with E-state index in [1.54, 1.807) is 30.3 Å². The van der Waals surface area contributed by atoms with Crippen LogP contribution in [0.1, 0.15) is 24.8 Å². The lowest BCUT2D eigenvalue weighted by molar-refractivity contribution is -0.145. The number of aliphatic carboxylic acids is 4. The zero-order valence-corrected chi connectivity index (χ0v) is 18.7. The van der Waals surface area contributed by atoms with Gasteiger partial charge in [-0.15, -0.1) is 0 Å². The smallest absolute Gasteiger partial charge is 0.326 e. The van der Waals surface area contributed by atoms with Crippen molar-refractivity contribution in [3.63, 3.8) is 0 Å². The van der Waals surface area contributed by atoms with Gasteiger partial charge in [-0.2, -0.15) is 0 Å². The number of rotatable bonds is 15. The van der Waals surface area contributed by atoms with Crippen molar-refractivity contribution in [3.8, 4) is 0 Å². The van der Waals surface area contributed by atoms with E-state index in [-0.39, 0.29) is 6.42 Å². The Hall–Kier alpha value is -4.53. The average molecular weight is 510 g/mol. The highest BCUT2D eigenvalue weighted by molar-refractivity contribution is 5.97. The van der Waals surface area contributed by atoms with Crippen LogP contribution in [0.3, 0.4) is 0 Å². The molecule has 196 valence electrons. The van der Waals surface area contributed by atoms with E-state index in [0.717, 1.165) is 0 Å². The van der Waals surface area contributed by atoms with Crippen LogP contribution in [0.15, 0.2) is 30.3 Å². The van der Waals surface area contributed by atoms with Crippen LogP contribution in [0.5, 0.6) is 0 Å². The van der Waals surface area contributed by atoms with Gasteiger partial charge in [0.15, 0.2) is 0 Å². The summed E-state index contributed by atoms with van der Waals surface area (Å²) in [4.78, 5) is 82.1. The number of carboxylic acids is 4. The molecule has 1 aromatic rings. The molecule has 0 bridgehead atoms. The molecule has 1 aromatic carbocycles. The average Bonchev–Trinajstić information content (AvgIpc) is 2.77. The Balaban J connectivity index is 3.02. The zero-order chi connectivity index (χ0) is 27.4. The molecule has 1 rings (SSSR count). The summed E-state index contributed by atoms with van der Waals surface area (Å²) in [6.45, 7) is 0. The van der Waals surface area contributed by atoms with Gasteiger partial charge in [-0.05, 0) is 5.56 Å². The molecule has 3 amide bonds. The van der Waals surface area contributed by atoms with Crippen LogP contribution in [0.2, 0.25) is 0 Å². The molecule has 0 aliphatic rings. The third-order valence-corrected chi connectivity index (χ3v) is 4.65. The van der Waals surface area contributed by atoms with E-state index in [9.17, 15) is 38.7 Å². The highest BCUT2D eigenvalue weighted by Gasteiger charge is 2.32. The van der Waals surface area contributed by atoms with Crippen LogP contribution in [0, 0.1) is 0 Å². The summed E-state index contributed by atoms with van der Waals surface area (Å²) in [6.07, 6.45) is -2.99. The fraction of sp³-hybridized carbons (Fsp3) is 0.381. The summed E-state index contributed by atoms with van der Waals surface area (Å²) < 4.78 is 0. The SMILES string of the molecule is NC(CC(=O)O)C(=O)NC(CC(=O)O)C(=O)NC(CC(=O)O)C(=O)NC(Cc1ccccc1)C(=O)O. The summed E-state index contributed by atoms with van der Waals surface area (Å²) in [5.74, 6) is -9.62. The molecule has 0 saturated carbocycles. The summed E-state index contributed by atoms with van der Waals surface area (Å²) >= 11 is 0. The molecule has 0 radical (unpaired) electrons. The molecule has 0 spiro atoms. The van der Waals surface area contributed by atoms with Gasteiger partial charge in [0.25, 0.3) is 0 Å². The van der Waals surface area contributed by atoms with Crippen LogP contribution >= 0.6 is 0 Å². The molecule has 4 unspecified atom stereocenters. The third kappa shape index (κ3) is 10.6. The standard InChI is InChI=1S/C21H26N4O11/c22-11(7-15(26)27)18(32)23-12(8-16(28)29)19(33)24-13(9-17(30)31)20(34)25-14(21(35)36)6-10-4-2-1-3-5-10/h1-5,11-14H,6-9,22H2,(H,23,32)(H,24,33)(H,25,34)(H,26,27)(H,28,29)(H,30,31)(H,35,36). The molecule has 36 heavy (non-hydrogen) atoms. The van der Waals surface area contributed by atoms with Crippen LogP contribution in [-0.4, -0.2) is 86.2 Å². The molecule has 4 atom stereocenters. The maximum atomic E-state index is 12.7. The van der Waals surface area contributed by atoms with E-state index in [1.165, 1.54) is 0 Å². The second kappa shape index (κ2) is 14.0.